The number of rotatable bonds is 4. The Labute approximate surface area is 156 Å². The van der Waals surface area contributed by atoms with Gasteiger partial charge in [-0.25, -0.2) is 0 Å². The summed E-state index contributed by atoms with van der Waals surface area (Å²) in [5.74, 6) is 0.179. The van der Waals surface area contributed by atoms with Gasteiger partial charge in [0.05, 0.1) is 5.54 Å². The molecule has 5 nitrogen and oxygen atoms in total. The van der Waals surface area contributed by atoms with Crippen molar-refractivity contribution in [2.45, 2.75) is 64.0 Å². The summed E-state index contributed by atoms with van der Waals surface area (Å²) in [4.78, 5) is 27.1. The fraction of sp³-hybridized carbons (Fsp3) is 0.619. The molecular weight excluding hydrogens is 326 g/mol. The number of nitrogens with one attached hydrogen (secondary N) is 1. The van der Waals surface area contributed by atoms with Crippen LogP contribution in [0.25, 0.3) is 0 Å². The van der Waals surface area contributed by atoms with Crippen LogP contribution in [-0.4, -0.2) is 35.3 Å². The quantitative estimate of drug-likeness (QED) is 0.869. The van der Waals surface area contributed by atoms with Crippen molar-refractivity contribution in [3.63, 3.8) is 0 Å². The van der Waals surface area contributed by atoms with Gasteiger partial charge in [-0.3, -0.25) is 9.59 Å². The Bertz CT molecular complexity index is 627. The summed E-state index contributed by atoms with van der Waals surface area (Å²) in [7, 11) is 0. The number of likely N-dealkylation sites (tertiary alicyclic amines) is 1. The lowest BCUT2D eigenvalue weighted by Gasteiger charge is -2.39. The molecule has 26 heavy (non-hydrogen) atoms. The predicted octanol–water partition coefficient (Wildman–Crippen LogP) is 2.51. The van der Waals surface area contributed by atoms with E-state index in [-0.39, 0.29) is 17.7 Å². The molecule has 1 aromatic rings. The van der Waals surface area contributed by atoms with Gasteiger partial charge in [-0.2, -0.15) is 0 Å². The minimum atomic E-state index is -0.668. The van der Waals surface area contributed by atoms with Gasteiger partial charge in [0.25, 0.3) is 0 Å². The van der Waals surface area contributed by atoms with Gasteiger partial charge in [-0.05, 0) is 38.2 Å². The lowest BCUT2D eigenvalue weighted by Crippen LogP contribution is -2.58. The van der Waals surface area contributed by atoms with Crippen LogP contribution in [0, 0.1) is 12.8 Å². The van der Waals surface area contributed by atoms with Gasteiger partial charge >= 0.3 is 0 Å². The third-order valence-corrected chi connectivity index (χ3v) is 5.91. The molecule has 0 bridgehead atoms. The van der Waals surface area contributed by atoms with E-state index in [0.717, 1.165) is 44.1 Å². The van der Waals surface area contributed by atoms with Crippen LogP contribution >= 0.6 is 0 Å². The largest absolute Gasteiger partial charge is 0.352 e. The molecule has 1 aromatic carbocycles. The molecule has 142 valence electrons. The molecule has 3 rings (SSSR count). The first-order valence-electron chi connectivity index (χ1n) is 9.89. The molecule has 1 saturated carbocycles. The molecule has 0 atom stereocenters. The molecule has 0 radical (unpaired) electrons. The van der Waals surface area contributed by atoms with E-state index in [2.05, 4.69) is 24.4 Å². The number of nitrogens with two attached hydrogens (primary N) is 1. The number of carbonyl (C=O) groups is 2. The van der Waals surface area contributed by atoms with Crippen molar-refractivity contribution in [3.05, 3.63) is 35.4 Å². The molecule has 2 aliphatic rings. The minimum absolute atomic E-state index is 0.00965. The lowest BCUT2D eigenvalue weighted by molar-refractivity contribution is -0.141. The highest BCUT2D eigenvalue weighted by Crippen LogP contribution is 2.29. The van der Waals surface area contributed by atoms with Gasteiger partial charge < -0.3 is 16.0 Å². The van der Waals surface area contributed by atoms with Crippen LogP contribution in [0.4, 0.5) is 0 Å². The summed E-state index contributed by atoms with van der Waals surface area (Å²) < 4.78 is 0. The Balaban J connectivity index is 1.46. The van der Waals surface area contributed by atoms with Gasteiger partial charge in [-0.15, -0.1) is 0 Å². The monoisotopic (exact) mass is 357 g/mol. The van der Waals surface area contributed by atoms with Crippen molar-refractivity contribution in [2.75, 3.05) is 13.1 Å². The van der Waals surface area contributed by atoms with Crippen LogP contribution in [0.3, 0.4) is 0 Å². The smallest absolute Gasteiger partial charge is 0.242 e. The highest BCUT2D eigenvalue weighted by Gasteiger charge is 2.39. The maximum atomic E-state index is 12.8. The number of nitrogens with zero attached hydrogens (tertiary/aromatic N) is 1. The van der Waals surface area contributed by atoms with E-state index in [4.69, 9.17) is 5.73 Å². The molecule has 1 saturated heterocycles. The van der Waals surface area contributed by atoms with Crippen molar-refractivity contribution in [3.8, 4) is 0 Å². The molecule has 0 aromatic heterocycles. The third kappa shape index (κ3) is 4.44. The second kappa shape index (κ2) is 8.21. The van der Waals surface area contributed by atoms with Gasteiger partial charge in [-0.1, -0.05) is 49.1 Å². The van der Waals surface area contributed by atoms with Crippen LogP contribution in [0.15, 0.2) is 24.3 Å². The number of piperidine rings is 1. The molecule has 1 heterocycles. The zero-order valence-corrected chi connectivity index (χ0v) is 15.8. The van der Waals surface area contributed by atoms with Crippen molar-refractivity contribution < 1.29 is 9.59 Å². The van der Waals surface area contributed by atoms with E-state index in [0.29, 0.717) is 19.6 Å². The van der Waals surface area contributed by atoms with Crippen molar-refractivity contribution in [2.24, 2.45) is 11.7 Å². The molecule has 5 heteroatoms. The van der Waals surface area contributed by atoms with E-state index < -0.39 is 5.54 Å². The maximum Gasteiger partial charge on any atom is 0.242 e. The highest BCUT2D eigenvalue weighted by atomic mass is 16.2. The van der Waals surface area contributed by atoms with Gasteiger partial charge in [0, 0.05) is 25.6 Å². The third-order valence-electron chi connectivity index (χ3n) is 5.91. The number of hydrogen-bond acceptors (Lipinski definition) is 3. The number of amides is 2. The normalized spacial score (nSPS) is 20.6. The zero-order chi connectivity index (χ0) is 18.6. The van der Waals surface area contributed by atoms with Crippen LogP contribution < -0.4 is 11.1 Å². The molecule has 1 aliphatic heterocycles. The summed E-state index contributed by atoms with van der Waals surface area (Å²) in [6.07, 6.45) is 6.30. The summed E-state index contributed by atoms with van der Waals surface area (Å²) in [6.45, 7) is 3.89. The Morgan fingerprint density at radius 2 is 1.73 bits per heavy atom. The minimum Gasteiger partial charge on any atom is -0.352 e. The molecule has 0 unspecified atom stereocenters. The van der Waals surface area contributed by atoms with E-state index in [1.807, 2.05) is 17.0 Å². The van der Waals surface area contributed by atoms with E-state index in [1.54, 1.807) is 0 Å². The Hall–Kier alpha value is -1.88. The Morgan fingerprint density at radius 3 is 2.35 bits per heavy atom. The molecule has 0 spiro atoms. The standard InChI is InChI=1S/C21H31N3O2/c1-16-5-7-17(8-6-16)15-23-19(25)18-9-13-24(14-10-18)20(26)21(22)11-3-2-4-12-21/h5-8,18H,2-4,9-15,22H2,1H3,(H,23,25). The number of hydrogen-bond donors (Lipinski definition) is 2. The summed E-state index contributed by atoms with van der Waals surface area (Å²) >= 11 is 0. The number of aryl methyl sites for hydroxylation is 1. The van der Waals surface area contributed by atoms with Crippen molar-refractivity contribution >= 4 is 11.8 Å². The predicted molar refractivity (Wildman–Crippen MR) is 102 cm³/mol. The fourth-order valence-corrected chi connectivity index (χ4v) is 4.10. The summed E-state index contributed by atoms with van der Waals surface area (Å²) in [5.41, 5.74) is 8.04. The first-order chi connectivity index (χ1) is 12.5. The first kappa shape index (κ1) is 18.9. The highest BCUT2D eigenvalue weighted by molar-refractivity contribution is 5.86. The first-order valence-corrected chi connectivity index (χ1v) is 9.89. The number of carbonyl (C=O) groups excluding carboxylic acids is 2. The van der Waals surface area contributed by atoms with Crippen molar-refractivity contribution in [1.82, 2.24) is 10.2 Å². The topological polar surface area (TPSA) is 75.4 Å². The average molecular weight is 357 g/mol. The van der Waals surface area contributed by atoms with E-state index in [9.17, 15) is 9.59 Å². The SMILES string of the molecule is Cc1ccc(CNC(=O)C2CCN(C(=O)C3(N)CCCCC3)CC2)cc1. The molecule has 3 N–H and O–H groups in total. The average Bonchev–Trinajstić information content (AvgIpc) is 2.67. The lowest BCUT2D eigenvalue weighted by atomic mass is 9.81. The molecule has 2 fully saturated rings. The molecular formula is C21H31N3O2. The van der Waals surface area contributed by atoms with Gasteiger partial charge in [0.2, 0.25) is 11.8 Å². The summed E-state index contributed by atoms with van der Waals surface area (Å²) in [6, 6.07) is 8.20. The number of benzene rings is 1. The van der Waals surface area contributed by atoms with Crippen LogP contribution in [-0.2, 0) is 16.1 Å². The molecule has 2 amide bonds. The van der Waals surface area contributed by atoms with E-state index in [1.165, 1.54) is 12.0 Å². The van der Waals surface area contributed by atoms with Crippen molar-refractivity contribution in [1.29, 1.82) is 0 Å². The van der Waals surface area contributed by atoms with Crippen LogP contribution in [0.1, 0.15) is 56.1 Å². The Morgan fingerprint density at radius 1 is 1.12 bits per heavy atom. The van der Waals surface area contributed by atoms with Crippen LogP contribution in [0.5, 0.6) is 0 Å². The molecule has 1 aliphatic carbocycles. The maximum absolute atomic E-state index is 12.8. The van der Waals surface area contributed by atoms with Crippen LogP contribution in [0.2, 0.25) is 0 Å². The summed E-state index contributed by atoms with van der Waals surface area (Å²) in [5, 5.41) is 3.04. The van der Waals surface area contributed by atoms with E-state index >= 15 is 0 Å². The zero-order valence-electron chi connectivity index (χ0n) is 15.8. The second-order valence-corrected chi connectivity index (χ2v) is 7.99. The van der Waals surface area contributed by atoms with Gasteiger partial charge in [0.1, 0.15) is 0 Å². The van der Waals surface area contributed by atoms with Gasteiger partial charge in [0.15, 0.2) is 0 Å². The Kier molecular flexibility index (Phi) is 5.97. The fourth-order valence-electron chi connectivity index (χ4n) is 4.10. The second-order valence-electron chi connectivity index (χ2n) is 7.99.